The third-order valence-electron chi connectivity index (χ3n) is 3.32. The molecule has 1 atom stereocenters. The second kappa shape index (κ2) is 5.45. The van der Waals surface area contributed by atoms with E-state index >= 15 is 0 Å². The van der Waals surface area contributed by atoms with E-state index < -0.39 is 0 Å². The molecule has 0 aliphatic rings. The summed E-state index contributed by atoms with van der Waals surface area (Å²) in [5.74, 6) is 1.19. The number of aromatic nitrogens is 2. The van der Waals surface area contributed by atoms with E-state index in [0.29, 0.717) is 6.04 Å². The van der Waals surface area contributed by atoms with Crippen molar-refractivity contribution in [3.8, 4) is 0 Å². The predicted octanol–water partition coefficient (Wildman–Crippen LogP) is 3.88. The topological polar surface area (TPSA) is 21.1 Å². The molecule has 0 saturated carbocycles. The van der Waals surface area contributed by atoms with Crippen molar-refractivity contribution in [1.82, 2.24) is 9.78 Å². The Morgan fingerprint density at radius 2 is 2.28 bits per heavy atom. The van der Waals surface area contributed by atoms with Gasteiger partial charge in [-0.3, -0.25) is 4.68 Å². The van der Waals surface area contributed by atoms with Crippen molar-refractivity contribution >= 4 is 33.1 Å². The maximum atomic E-state index is 4.52. The molecule has 0 fully saturated rings. The third-order valence-corrected chi connectivity index (χ3v) is 4.92. The quantitative estimate of drug-likeness (QED) is 0.794. The van der Waals surface area contributed by atoms with Crippen molar-refractivity contribution < 1.29 is 0 Å². The molecule has 98 valence electrons. The maximum Gasteiger partial charge on any atom is 0.131 e. The monoisotopic (exact) mass is 327 g/mol. The molecule has 0 amide bonds. The highest BCUT2D eigenvalue weighted by molar-refractivity contribution is 9.08. The van der Waals surface area contributed by atoms with Gasteiger partial charge in [-0.25, -0.2) is 0 Å². The van der Waals surface area contributed by atoms with Crippen molar-refractivity contribution in [2.24, 2.45) is 7.05 Å². The van der Waals surface area contributed by atoms with Gasteiger partial charge in [-0.15, -0.1) is 11.3 Å². The molecule has 0 aliphatic carbocycles. The van der Waals surface area contributed by atoms with Crippen LogP contribution in [0.4, 0.5) is 5.82 Å². The maximum absolute atomic E-state index is 4.52. The van der Waals surface area contributed by atoms with Crippen LogP contribution in [-0.2, 0) is 12.4 Å². The molecular formula is C13H18BrN3S. The lowest BCUT2D eigenvalue weighted by Gasteiger charge is -2.27. The average molecular weight is 328 g/mol. The van der Waals surface area contributed by atoms with Crippen LogP contribution in [0.2, 0.25) is 0 Å². The first-order valence-corrected chi connectivity index (χ1v) is 7.91. The molecule has 2 aromatic rings. The molecule has 2 heterocycles. The van der Waals surface area contributed by atoms with E-state index in [-0.39, 0.29) is 0 Å². The minimum Gasteiger partial charge on any atom is -0.352 e. The summed E-state index contributed by atoms with van der Waals surface area (Å²) in [5.41, 5.74) is 2.36. The first kappa shape index (κ1) is 13.6. The van der Waals surface area contributed by atoms with E-state index in [1.165, 1.54) is 16.3 Å². The molecular weight excluding hydrogens is 310 g/mol. The van der Waals surface area contributed by atoms with Gasteiger partial charge in [0.25, 0.3) is 0 Å². The second-order valence-electron chi connectivity index (χ2n) is 4.45. The summed E-state index contributed by atoms with van der Waals surface area (Å²) in [6.45, 7) is 4.29. The van der Waals surface area contributed by atoms with Crippen molar-refractivity contribution in [2.45, 2.75) is 25.2 Å². The summed E-state index contributed by atoms with van der Waals surface area (Å²) >= 11 is 5.36. The zero-order valence-corrected chi connectivity index (χ0v) is 13.5. The largest absolute Gasteiger partial charge is 0.352 e. The molecule has 1 unspecified atom stereocenters. The number of hydrogen-bond acceptors (Lipinski definition) is 3. The summed E-state index contributed by atoms with van der Waals surface area (Å²) in [5, 5.41) is 7.48. The molecule has 0 radical (unpaired) electrons. The molecule has 0 N–H and O–H groups in total. The Kier molecular flexibility index (Phi) is 4.12. The summed E-state index contributed by atoms with van der Waals surface area (Å²) < 4.78 is 1.97. The second-order valence-corrected chi connectivity index (χ2v) is 5.99. The van der Waals surface area contributed by atoms with Gasteiger partial charge in [0.2, 0.25) is 0 Å². The number of anilines is 1. The van der Waals surface area contributed by atoms with E-state index in [4.69, 9.17) is 0 Å². The first-order chi connectivity index (χ1) is 8.56. The molecule has 2 aromatic heterocycles. The Bertz CT molecular complexity index is 519. The number of thiophene rings is 1. The third kappa shape index (κ3) is 2.34. The van der Waals surface area contributed by atoms with Crippen molar-refractivity contribution in [2.75, 3.05) is 11.9 Å². The fourth-order valence-electron chi connectivity index (χ4n) is 2.19. The molecule has 0 aliphatic heterocycles. The molecule has 2 rings (SSSR count). The Hall–Kier alpha value is -0.810. The minimum absolute atomic E-state index is 0.359. The number of hydrogen-bond donors (Lipinski definition) is 0. The van der Waals surface area contributed by atoms with E-state index in [9.17, 15) is 0 Å². The normalized spacial score (nSPS) is 12.7. The van der Waals surface area contributed by atoms with Gasteiger partial charge in [0, 0.05) is 29.9 Å². The van der Waals surface area contributed by atoms with Gasteiger partial charge in [-0.2, -0.15) is 5.10 Å². The summed E-state index contributed by atoms with van der Waals surface area (Å²) in [6.07, 6.45) is 0. The summed E-state index contributed by atoms with van der Waals surface area (Å²) in [4.78, 5) is 3.67. The van der Waals surface area contributed by atoms with Gasteiger partial charge in [-0.05, 0) is 25.3 Å². The van der Waals surface area contributed by atoms with Crippen LogP contribution in [-0.4, -0.2) is 16.8 Å². The molecule has 0 spiro atoms. The highest BCUT2D eigenvalue weighted by atomic mass is 79.9. The molecule has 0 saturated heterocycles. The van der Waals surface area contributed by atoms with Crippen LogP contribution in [0, 0.1) is 6.92 Å². The van der Waals surface area contributed by atoms with Crippen LogP contribution in [0.25, 0.3) is 0 Å². The number of halogens is 1. The molecule has 3 nitrogen and oxygen atoms in total. The van der Waals surface area contributed by atoms with Crippen LogP contribution in [0.5, 0.6) is 0 Å². The smallest absolute Gasteiger partial charge is 0.131 e. The predicted molar refractivity (Wildman–Crippen MR) is 81.7 cm³/mol. The fraction of sp³-hybridized carbons (Fsp3) is 0.462. The summed E-state index contributed by atoms with van der Waals surface area (Å²) in [7, 11) is 4.14. The molecule has 18 heavy (non-hydrogen) atoms. The highest BCUT2D eigenvalue weighted by Gasteiger charge is 2.21. The fourth-order valence-corrected chi connectivity index (χ4v) is 3.67. The van der Waals surface area contributed by atoms with E-state index in [1.807, 2.05) is 11.7 Å². The standard InChI is InChI=1S/C13H18BrN3S/c1-9-11(8-14)13(17(4)15-9)16(3)10(2)12-6-5-7-18-12/h5-7,10H,8H2,1-4H3. The zero-order chi connectivity index (χ0) is 13.3. The van der Waals surface area contributed by atoms with Gasteiger partial charge < -0.3 is 4.90 Å². The van der Waals surface area contributed by atoms with Gasteiger partial charge in [0.05, 0.1) is 11.7 Å². The lowest BCUT2D eigenvalue weighted by atomic mass is 10.2. The first-order valence-electron chi connectivity index (χ1n) is 5.91. The van der Waals surface area contributed by atoms with E-state index in [2.05, 4.69) is 64.3 Å². The van der Waals surface area contributed by atoms with Gasteiger partial charge in [-0.1, -0.05) is 22.0 Å². The number of alkyl halides is 1. The van der Waals surface area contributed by atoms with Crippen molar-refractivity contribution in [3.05, 3.63) is 33.6 Å². The molecule has 0 aromatic carbocycles. The van der Waals surface area contributed by atoms with Crippen LogP contribution < -0.4 is 4.90 Å². The lowest BCUT2D eigenvalue weighted by molar-refractivity contribution is 0.678. The Morgan fingerprint density at radius 3 is 2.83 bits per heavy atom. The van der Waals surface area contributed by atoms with Crippen LogP contribution in [0.15, 0.2) is 17.5 Å². The highest BCUT2D eigenvalue weighted by Crippen LogP contribution is 2.32. The molecule has 5 heteroatoms. The zero-order valence-electron chi connectivity index (χ0n) is 11.1. The van der Waals surface area contributed by atoms with Crippen LogP contribution >= 0.6 is 27.3 Å². The molecule has 0 bridgehead atoms. The van der Waals surface area contributed by atoms with Gasteiger partial charge >= 0.3 is 0 Å². The SMILES string of the molecule is Cc1nn(C)c(N(C)C(C)c2cccs2)c1CBr. The van der Waals surface area contributed by atoms with E-state index in [0.717, 1.165) is 11.0 Å². The van der Waals surface area contributed by atoms with Crippen molar-refractivity contribution in [3.63, 3.8) is 0 Å². The Balaban J connectivity index is 2.36. The number of rotatable bonds is 4. The number of nitrogens with zero attached hydrogens (tertiary/aromatic N) is 3. The van der Waals surface area contributed by atoms with Crippen LogP contribution in [0.1, 0.15) is 29.1 Å². The minimum atomic E-state index is 0.359. The van der Waals surface area contributed by atoms with E-state index in [1.54, 1.807) is 11.3 Å². The summed E-state index contributed by atoms with van der Waals surface area (Å²) in [6, 6.07) is 4.64. The Labute approximate surface area is 121 Å². The van der Waals surface area contributed by atoms with Gasteiger partial charge in [0.15, 0.2) is 0 Å². The number of aryl methyl sites for hydroxylation is 2. The Morgan fingerprint density at radius 1 is 1.56 bits per heavy atom. The van der Waals surface area contributed by atoms with Crippen LogP contribution in [0.3, 0.4) is 0 Å². The van der Waals surface area contributed by atoms with Crippen molar-refractivity contribution in [1.29, 1.82) is 0 Å². The van der Waals surface area contributed by atoms with Gasteiger partial charge in [0.1, 0.15) is 5.82 Å². The average Bonchev–Trinajstić information content (AvgIpc) is 2.94. The lowest BCUT2D eigenvalue weighted by Crippen LogP contribution is -2.24.